The molecule has 15 heteroatoms. The number of rotatable bonds is 9. The minimum absolute atomic E-state index is 0.133. The van der Waals surface area contributed by atoms with Gasteiger partial charge in [-0.15, -0.1) is 0 Å². The van der Waals surface area contributed by atoms with Gasteiger partial charge >= 0.3 is 12.3 Å². The number of amides is 2. The summed E-state index contributed by atoms with van der Waals surface area (Å²) in [5.74, 6) is 1.23. The first kappa shape index (κ1) is 35.9. The number of aromatic nitrogens is 4. The summed E-state index contributed by atoms with van der Waals surface area (Å²) < 4.78 is 58.4. The maximum atomic E-state index is 13.1. The number of halogens is 3. The van der Waals surface area contributed by atoms with Gasteiger partial charge in [0.25, 0.3) is 5.91 Å². The molecule has 272 valence electrons. The van der Waals surface area contributed by atoms with Crippen molar-refractivity contribution >= 4 is 34.7 Å². The van der Waals surface area contributed by atoms with Crippen molar-refractivity contribution in [1.82, 2.24) is 24.6 Å². The SMILES string of the molecule is COc1ccc(Cn2nc(N[C@@H]3CCCN(C(=O)OC(C)(C)C)C3)c3c(Oc4ccc(C(=O)Nc5cc(C(F)(F)F)ccn5)cc4)ccnc32)cc1. The Morgan fingerprint density at radius 3 is 2.35 bits per heavy atom. The summed E-state index contributed by atoms with van der Waals surface area (Å²) in [7, 11) is 1.61. The fraction of sp³-hybridized carbons (Fsp3) is 0.324. The summed E-state index contributed by atoms with van der Waals surface area (Å²) in [6.07, 6.45) is -0.781. The number of alkyl halides is 3. The van der Waals surface area contributed by atoms with Gasteiger partial charge < -0.3 is 29.7 Å². The number of hydrogen-bond donors (Lipinski definition) is 2. The highest BCUT2D eigenvalue weighted by molar-refractivity contribution is 6.03. The maximum Gasteiger partial charge on any atom is 0.416 e. The van der Waals surface area contributed by atoms with Gasteiger partial charge in [0.2, 0.25) is 0 Å². The number of carbonyl (C=O) groups is 2. The predicted octanol–water partition coefficient (Wildman–Crippen LogP) is 7.76. The maximum absolute atomic E-state index is 13.1. The minimum Gasteiger partial charge on any atom is -0.497 e. The lowest BCUT2D eigenvalue weighted by Crippen LogP contribution is -2.47. The van der Waals surface area contributed by atoms with Gasteiger partial charge in [-0.2, -0.15) is 18.3 Å². The number of likely N-dealkylation sites (tertiary alicyclic amines) is 1. The molecule has 6 rings (SSSR count). The monoisotopic (exact) mass is 717 g/mol. The van der Waals surface area contributed by atoms with Gasteiger partial charge in [-0.1, -0.05) is 12.1 Å². The number of fused-ring (bicyclic) bond motifs is 1. The van der Waals surface area contributed by atoms with Crippen molar-refractivity contribution in [2.24, 2.45) is 0 Å². The van der Waals surface area contributed by atoms with E-state index in [1.807, 2.05) is 45.0 Å². The highest BCUT2D eigenvalue weighted by atomic mass is 19.4. The molecule has 0 saturated carbocycles. The van der Waals surface area contributed by atoms with Crippen LogP contribution in [0.3, 0.4) is 0 Å². The molecule has 3 aromatic heterocycles. The van der Waals surface area contributed by atoms with Crippen LogP contribution in [0.5, 0.6) is 17.2 Å². The average Bonchev–Trinajstić information content (AvgIpc) is 3.45. The first-order valence-electron chi connectivity index (χ1n) is 16.6. The number of hydrogen-bond acceptors (Lipinski definition) is 9. The third-order valence-corrected chi connectivity index (χ3v) is 8.17. The zero-order valence-electron chi connectivity index (χ0n) is 29.0. The number of nitrogens with zero attached hydrogens (tertiary/aromatic N) is 5. The van der Waals surface area contributed by atoms with Crippen LogP contribution in [0, 0.1) is 0 Å². The Morgan fingerprint density at radius 1 is 0.942 bits per heavy atom. The Kier molecular flexibility index (Phi) is 10.2. The second kappa shape index (κ2) is 14.8. The molecule has 5 aromatic rings. The number of ether oxygens (including phenoxy) is 3. The number of benzene rings is 2. The Hall–Kier alpha value is -5.86. The van der Waals surface area contributed by atoms with Gasteiger partial charge in [0.1, 0.15) is 34.1 Å². The number of pyridine rings is 2. The summed E-state index contributed by atoms with van der Waals surface area (Å²) in [5, 5.41) is 11.5. The molecule has 1 aliphatic rings. The Bertz CT molecular complexity index is 2040. The molecule has 0 unspecified atom stereocenters. The van der Waals surface area contributed by atoms with E-state index in [1.54, 1.807) is 41.1 Å². The molecule has 2 aromatic carbocycles. The summed E-state index contributed by atoms with van der Waals surface area (Å²) in [6, 6.07) is 17.0. The molecule has 1 atom stereocenters. The smallest absolute Gasteiger partial charge is 0.416 e. The molecule has 0 radical (unpaired) electrons. The molecule has 4 heterocycles. The van der Waals surface area contributed by atoms with Crippen molar-refractivity contribution in [3.8, 4) is 17.2 Å². The second-order valence-corrected chi connectivity index (χ2v) is 13.3. The van der Waals surface area contributed by atoms with E-state index in [0.717, 1.165) is 42.5 Å². The highest BCUT2D eigenvalue weighted by Crippen LogP contribution is 2.36. The van der Waals surface area contributed by atoms with Crippen molar-refractivity contribution < 1.29 is 37.0 Å². The third kappa shape index (κ3) is 8.71. The van der Waals surface area contributed by atoms with Crippen LogP contribution in [-0.2, 0) is 17.5 Å². The van der Waals surface area contributed by atoms with Crippen molar-refractivity contribution in [1.29, 1.82) is 0 Å². The molecule has 0 bridgehead atoms. The van der Waals surface area contributed by atoms with Crippen LogP contribution in [0.2, 0.25) is 0 Å². The Labute approximate surface area is 297 Å². The lowest BCUT2D eigenvalue weighted by Gasteiger charge is -2.34. The molecule has 1 aliphatic heterocycles. The standard InChI is InChI=1S/C37H38F3N7O5/c1-36(2,3)52-35(49)46-19-5-6-26(22-46)43-32-31-29(16-18-42-33(31)47(45-32)21-23-7-11-27(50-4)12-8-23)51-28-13-9-24(10-14-28)34(48)44-30-20-25(15-17-41-30)37(38,39)40/h7-18,20,26H,5-6,19,21-22H2,1-4H3,(H,43,45)(H,41,44,48)/t26-/m1/s1. The van der Waals surface area contributed by atoms with Gasteiger partial charge in [-0.05, 0) is 87.7 Å². The number of nitrogens with one attached hydrogen (secondary N) is 2. The van der Waals surface area contributed by atoms with Crippen molar-refractivity contribution in [2.75, 3.05) is 30.8 Å². The molecule has 0 aliphatic carbocycles. The van der Waals surface area contributed by atoms with Gasteiger partial charge in [0.05, 0.1) is 19.2 Å². The molecule has 0 spiro atoms. The second-order valence-electron chi connectivity index (χ2n) is 13.3. The fourth-order valence-electron chi connectivity index (χ4n) is 5.72. The molecule has 52 heavy (non-hydrogen) atoms. The van der Waals surface area contributed by atoms with Crippen LogP contribution in [-0.4, -0.2) is 68.5 Å². The van der Waals surface area contributed by atoms with Gasteiger partial charge in [0.15, 0.2) is 11.5 Å². The minimum atomic E-state index is -4.57. The largest absolute Gasteiger partial charge is 0.497 e. The van der Waals surface area contributed by atoms with Crippen molar-refractivity contribution in [2.45, 2.75) is 58.0 Å². The normalized spacial score (nSPS) is 14.9. The predicted molar refractivity (Wildman–Crippen MR) is 188 cm³/mol. The van der Waals surface area contributed by atoms with E-state index in [9.17, 15) is 22.8 Å². The van der Waals surface area contributed by atoms with Crippen molar-refractivity contribution in [3.63, 3.8) is 0 Å². The van der Waals surface area contributed by atoms with E-state index in [2.05, 4.69) is 20.6 Å². The molecule has 1 fully saturated rings. The zero-order chi connectivity index (χ0) is 37.0. The van der Waals surface area contributed by atoms with Crippen LogP contribution in [0.25, 0.3) is 11.0 Å². The van der Waals surface area contributed by atoms with Crippen molar-refractivity contribution in [3.05, 3.63) is 95.8 Å². The molecular weight excluding hydrogens is 679 g/mol. The molecular formula is C37H38F3N7O5. The van der Waals surface area contributed by atoms with Gasteiger partial charge in [0, 0.05) is 43.2 Å². The summed E-state index contributed by atoms with van der Waals surface area (Å²) in [4.78, 5) is 35.9. The quantitative estimate of drug-likeness (QED) is 0.157. The van der Waals surface area contributed by atoms with E-state index < -0.39 is 23.2 Å². The first-order valence-corrected chi connectivity index (χ1v) is 16.6. The lowest BCUT2D eigenvalue weighted by molar-refractivity contribution is -0.137. The molecule has 2 amide bonds. The van der Waals surface area contributed by atoms with Gasteiger partial charge in [-0.25, -0.2) is 19.4 Å². The van der Waals surface area contributed by atoms with E-state index in [1.165, 1.54) is 12.1 Å². The van der Waals surface area contributed by atoms with Crippen LogP contribution in [0.4, 0.5) is 29.6 Å². The molecule has 1 saturated heterocycles. The van der Waals surface area contributed by atoms with Crippen LogP contribution < -0.4 is 20.1 Å². The van der Waals surface area contributed by atoms with Gasteiger partial charge in [-0.3, -0.25) is 4.79 Å². The Balaban J connectivity index is 1.25. The lowest BCUT2D eigenvalue weighted by atomic mass is 10.1. The average molecular weight is 718 g/mol. The Morgan fingerprint density at radius 2 is 1.65 bits per heavy atom. The summed E-state index contributed by atoms with van der Waals surface area (Å²) in [5.41, 5.74) is 0.171. The third-order valence-electron chi connectivity index (χ3n) is 8.17. The van der Waals surface area contributed by atoms with E-state index in [0.29, 0.717) is 48.0 Å². The molecule has 12 nitrogen and oxygen atoms in total. The van der Waals surface area contributed by atoms with E-state index >= 15 is 0 Å². The zero-order valence-corrected chi connectivity index (χ0v) is 29.0. The topological polar surface area (TPSA) is 133 Å². The van der Waals surface area contributed by atoms with Crippen LogP contribution in [0.15, 0.2) is 79.1 Å². The van der Waals surface area contributed by atoms with E-state index in [-0.39, 0.29) is 23.5 Å². The number of anilines is 2. The first-order chi connectivity index (χ1) is 24.8. The number of carbonyl (C=O) groups excluding carboxylic acids is 2. The van der Waals surface area contributed by atoms with Crippen LogP contribution in [0.1, 0.15) is 55.1 Å². The summed E-state index contributed by atoms with van der Waals surface area (Å²) >= 11 is 0. The van der Waals surface area contributed by atoms with E-state index in [4.69, 9.17) is 19.3 Å². The number of piperidine rings is 1. The van der Waals surface area contributed by atoms with Crippen LogP contribution >= 0.6 is 0 Å². The molecule has 2 N–H and O–H groups in total. The highest BCUT2D eigenvalue weighted by Gasteiger charge is 2.31. The summed E-state index contributed by atoms with van der Waals surface area (Å²) in [6.45, 7) is 6.90. The number of methoxy groups -OCH3 is 1. The fourth-order valence-corrected chi connectivity index (χ4v) is 5.72.